The second-order valence-electron chi connectivity index (χ2n) is 5.96. The first-order chi connectivity index (χ1) is 13.4. The second kappa shape index (κ2) is 7.91. The van der Waals surface area contributed by atoms with Gasteiger partial charge in [0.05, 0.1) is 17.1 Å². The van der Waals surface area contributed by atoms with Crippen LogP contribution >= 0.6 is 0 Å². The lowest BCUT2D eigenvalue weighted by atomic mass is 10.1. The van der Waals surface area contributed by atoms with E-state index in [2.05, 4.69) is 0 Å². The molecule has 0 bridgehead atoms. The largest absolute Gasteiger partial charge is 0.479 e. The Morgan fingerprint density at radius 2 is 2.07 bits per heavy atom. The van der Waals surface area contributed by atoms with Crippen molar-refractivity contribution < 1.29 is 28.7 Å². The van der Waals surface area contributed by atoms with Crippen LogP contribution in [0.4, 0.5) is 5.69 Å². The summed E-state index contributed by atoms with van der Waals surface area (Å²) in [6.45, 7) is 3.51. The minimum absolute atomic E-state index is 0.0473. The number of allylic oxidation sites excluding steroid dienone is 1. The molecule has 0 amide bonds. The van der Waals surface area contributed by atoms with Gasteiger partial charge >= 0.3 is 5.97 Å². The number of nitrogens with zero attached hydrogens (tertiary/aromatic N) is 1. The predicted molar refractivity (Wildman–Crippen MR) is 99.2 cm³/mol. The number of benzene rings is 2. The Kier molecular flexibility index (Phi) is 5.39. The van der Waals surface area contributed by atoms with Crippen molar-refractivity contribution >= 4 is 23.5 Å². The van der Waals surface area contributed by atoms with Gasteiger partial charge in [-0.2, -0.15) is 0 Å². The molecule has 3 rings (SSSR count). The number of ketones is 1. The van der Waals surface area contributed by atoms with Crippen LogP contribution in [0.5, 0.6) is 11.5 Å². The molecule has 144 valence electrons. The standard InChI is InChI=1S/C20H17NO7/c1-3-26-20(23)12(2)27-15-7-8-16-17(11-15)28-18(19(16)22)10-13-5-4-6-14(9-13)21(24)25/h4-12H,3H2,1-2H3/b18-10-. The maximum absolute atomic E-state index is 12.5. The number of nitro groups is 1. The van der Waals surface area contributed by atoms with Gasteiger partial charge in [0.25, 0.3) is 5.69 Å². The molecule has 8 nitrogen and oxygen atoms in total. The Morgan fingerprint density at radius 3 is 2.79 bits per heavy atom. The summed E-state index contributed by atoms with van der Waals surface area (Å²) in [5.41, 5.74) is 0.728. The molecule has 0 saturated carbocycles. The highest BCUT2D eigenvalue weighted by Crippen LogP contribution is 2.35. The van der Waals surface area contributed by atoms with E-state index in [1.807, 2.05) is 0 Å². The van der Waals surface area contributed by atoms with Gasteiger partial charge in [-0.15, -0.1) is 0 Å². The number of non-ortho nitro benzene ring substituents is 1. The molecule has 2 aromatic rings. The highest BCUT2D eigenvalue weighted by Gasteiger charge is 2.28. The third-order valence-electron chi connectivity index (χ3n) is 3.95. The molecule has 1 aliphatic heterocycles. The fraction of sp³-hybridized carbons (Fsp3) is 0.200. The molecule has 0 radical (unpaired) electrons. The number of Topliss-reactive ketones (excluding diaryl/α,β-unsaturated/α-hetero) is 1. The molecule has 28 heavy (non-hydrogen) atoms. The Bertz CT molecular complexity index is 980. The fourth-order valence-corrected chi connectivity index (χ4v) is 2.63. The van der Waals surface area contributed by atoms with Crippen LogP contribution in [-0.2, 0) is 9.53 Å². The molecule has 1 unspecified atom stereocenters. The number of hydrogen-bond acceptors (Lipinski definition) is 7. The van der Waals surface area contributed by atoms with Crippen LogP contribution in [0, 0.1) is 10.1 Å². The molecule has 0 spiro atoms. The van der Waals surface area contributed by atoms with E-state index in [0.29, 0.717) is 16.9 Å². The van der Waals surface area contributed by atoms with Crippen molar-refractivity contribution in [2.45, 2.75) is 20.0 Å². The molecular weight excluding hydrogens is 366 g/mol. The van der Waals surface area contributed by atoms with E-state index < -0.39 is 17.0 Å². The summed E-state index contributed by atoms with van der Waals surface area (Å²) in [6, 6.07) is 10.5. The van der Waals surface area contributed by atoms with Gasteiger partial charge < -0.3 is 14.2 Å². The topological polar surface area (TPSA) is 105 Å². The average Bonchev–Trinajstić information content (AvgIpc) is 2.97. The van der Waals surface area contributed by atoms with Gasteiger partial charge in [0.2, 0.25) is 5.78 Å². The van der Waals surface area contributed by atoms with Crippen LogP contribution in [0.25, 0.3) is 6.08 Å². The number of esters is 1. The second-order valence-corrected chi connectivity index (χ2v) is 5.96. The summed E-state index contributed by atoms with van der Waals surface area (Å²) in [5, 5.41) is 10.9. The van der Waals surface area contributed by atoms with E-state index in [1.54, 1.807) is 32.0 Å². The van der Waals surface area contributed by atoms with Crippen LogP contribution < -0.4 is 9.47 Å². The zero-order valence-corrected chi connectivity index (χ0v) is 15.2. The Hall–Kier alpha value is -3.68. The molecule has 8 heteroatoms. The number of carbonyl (C=O) groups is 2. The summed E-state index contributed by atoms with van der Waals surface area (Å²) < 4.78 is 16.0. The summed E-state index contributed by atoms with van der Waals surface area (Å²) >= 11 is 0. The van der Waals surface area contributed by atoms with Gasteiger partial charge in [-0.05, 0) is 37.6 Å². The molecular formula is C20H17NO7. The molecule has 0 saturated heterocycles. The Morgan fingerprint density at radius 1 is 1.29 bits per heavy atom. The lowest BCUT2D eigenvalue weighted by Gasteiger charge is -2.13. The van der Waals surface area contributed by atoms with Crippen molar-refractivity contribution in [3.05, 3.63) is 69.5 Å². The number of carbonyl (C=O) groups excluding carboxylic acids is 2. The highest BCUT2D eigenvalue weighted by molar-refractivity contribution is 6.14. The summed E-state index contributed by atoms with van der Waals surface area (Å²) in [4.78, 5) is 34.6. The van der Waals surface area contributed by atoms with Crippen molar-refractivity contribution in [1.82, 2.24) is 0 Å². The SMILES string of the molecule is CCOC(=O)C(C)Oc1ccc2c(c1)O/C(=C\c1cccc([N+](=O)[O-])c1)C2=O. The zero-order valence-electron chi connectivity index (χ0n) is 15.2. The predicted octanol–water partition coefficient (Wildman–Crippen LogP) is 3.54. The highest BCUT2D eigenvalue weighted by atomic mass is 16.6. The lowest BCUT2D eigenvalue weighted by Crippen LogP contribution is -2.26. The Balaban J connectivity index is 1.80. The maximum Gasteiger partial charge on any atom is 0.347 e. The smallest absolute Gasteiger partial charge is 0.347 e. The quantitative estimate of drug-likeness (QED) is 0.325. The number of hydrogen-bond donors (Lipinski definition) is 0. The minimum Gasteiger partial charge on any atom is -0.479 e. The molecule has 0 aliphatic carbocycles. The Labute approximate surface area is 160 Å². The van der Waals surface area contributed by atoms with Crippen LogP contribution in [0.2, 0.25) is 0 Å². The molecule has 1 aliphatic rings. The molecule has 0 fully saturated rings. The lowest BCUT2D eigenvalue weighted by molar-refractivity contribution is -0.384. The zero-order chi connectivity index (χ0) is 20.3. The van der Waals surface area contributed by atoms with Gasteiger partial charge in [-0.25, -0.2) is 4.79 Å². The molecule has 0 aromatic heterocycles. The van der Waals surface area contributed by atoms with Crippen molar-refractivity contribution in [1.29, 1.82) is 0 Å². The van der Waals surface area contributed by atoms with E-state index in [4.69, 9.17) is 14.2 Å². The first-order valence-electron chi connectivity index (χ1n) is 8.55. The molecule has 0 N–H and O–H groups in total. The van der Waals surface area contributed by atoms with Crippen LogP contribution in [0.3, 0.4) is 0 Å². The maximum atomic E-state index is 12.5. The monoisotopic (exact) mass is 383 g/mol. The number of nitro benzene ring substituents is 1. The van der Waals surface area contributed by atoms with E-state index >= 15 is 0 Å². The van der Waals surface area contributed by atoms with Gasteiger partial charge in [-0.1, -0.05) is 12.1 Å². The van der Waals surface area contributed by atoms with E-state index in [0.717, 1.165) is 0 Å². The van der Waals surface area contributed by atoms with E-state index in [9.17, 15) is 19.7 Å². The van der Waals surface area contributed by atoms with Gasteiger partial charge in [-0.3, -0.25) is 14.9 Å². The number of rotatable bonds is 6. The average molecular weight is 383 g/mol. The fourth-order valence-electron chi connectivity index (χ4n) is 2.63. The normalized spacial score (nSPS) is 14.9. The summed E-state index contributed by atoms with van der Waals surface area (Å²) in [5.74, 6) is -0.150. The third-order valence-corrected chi connectivity index (χ3v) is 3.95. The van der Waals surface area contributed by atoms with Crippen molar-refractivity contribution in [2.75, 3.05) is 6.61 Å². The molecule has 1 atom stereocenters. The van der Waals surface area contributed by atoms with Crippen LogP contribution in [-0.4, -0.2) is 29.4 Å². The summed E-state index contributed by atoms with van der Waals surface area (Å²) in [7, 11) is 0. The van der Waals surface area contributed by atoms with E-state index in [1.165, 1.54) is 30.3 Å². The third kappa shape index (κ3) is 4.01. The summed E-state index contributed by atoms with van der Waals surface area (Å²) in [6.07, 6.45) is 0.631. The first kappa shape index (κ1) is 19.1. The first-order valence-corrected chi connectivity index (χ1v) is 8.55. The number of fused-ring (bicyclic) bond motifs is 1. The van der Waals surface area contributed by atoms with Gasteiger partial charge in [0.1, 0.15) is 11.5 Å². The molecule has 2 aromatic carbocycles. The number of ether oxygens (including phenoxy) is 3. The van der Waals surface area contributed by atoms with E-state index in [-0.39, 0.29) is 29.6 Å². The van der Waals surface area contributed by atoms with Crippen molar-refractivity contribution in [2.24, 2.45) is 0 Å². The molecule has 1 heterocycles. The van der Waals surface area contributed by atoms with Crippen LogP contribution in [0.1, 0.15) is 29.8 Å². The minimum atomic E-state index is -0.810. The van der Waals surface area contributed by atoms with Crippen molar-refractivity contribution in [3.8, 4) is 11.5 Å². The van der Waals surface area contributed by atoms with Gasteiger partial charge in [0.15, 0.2) is 11.9 Å². The van der Waals surface area contributed by atoms with Gasteiger partial charge in [0, 0.05) is 18.2 Å². The van der Waals surface area contributed by atoms with Crippen LogP contribution in [0.15, 0.2) is 48.2 Å². The van der Waals surface area contributed by atoms with Crippen molar-refractivity contribution in [3.63, 3.8) is 0 Å².